The Hall–Kier alpha value is -0.393. The molecule has 0 amide bonds. The maximum Gasteiger partial charge on any atom is 0.200 e. The van der Waals surface area contributed by atoms with E-state index in [9.17, 15) is 15.0 Å². The number of ketones is 1. The molecule has 8 nitrogen and oxygen atoms in total. The third-order valence-corrected chi connectivity index (χ3v) is 19.7. The molecule has 3 saturated carbocycles. The summed E-state index contributed by atoms with van der Waals surface area (Å²) in [7, 11) is -0.684. The molecule has 0 bridgehead atoms. The van der Waals surface area contributed by atoms with Crippen LogP contribution in [0.25, 0.3) is 0 Å². The van der Waals surface area contributed by atoms with Crippen molar-refractivity contribution in [1.82, 2.24) is 0 Å². The first-order chi connectivity index (χ1) is 20.6. The highest BCUT2D eigenvalue weighted by Gasteiger charge is 2.72. The van der Waals surface area contributed by atoms with Crippen molar-refractivity contribution in [3.8, 4) is 0 Å². The summed E-state index contributed by atoms with van der Waals surface area (Å²) in [6, 6.07) is 0. The molecule has 1 aliphatic heterocycles. The summed E-state index contributed by atoms with van der Waals surface area (Å²) in [5.74, 6) is 0.434. The van der Waals surface area contributed by atoms with Crippen LogP contribution in [0.3, 0.4) is 0 Å². The fraction of sp³-hybridized carbons (Fsp3) is 0.971. The predicted octanol–water partition coefficient (Wildman–Crippen LogP) is 6.47. The van der Waals surface area contributed by atoms with Crippen molar-refractivity contribution in [3.05, 3.63) is 0 Å². The van der Waals surface area contributed by atoms with E-state index in [1.807, 2.05) is 6.92 Å². The number of ether oxygens (including phenoxy) is 4. The summed E-state index contributed by atoms with van der Waals surface area (Å²) < 4.78 is 31.5. The summed E-state index contributed by atoms with van der Waals surface area (Å²) in [4.78, 5) is 14.8. The Morgan fingerprint density at radius 1 is 0.977 bits per heavy atom. The minimum atomic E-state index is -2.32. The molecule has 0 aromatic rings. The van der Waals surface area contributed by atoms with E-state index in [1.54, 1.807) is 7.11 Å². The Morgan fingerprint density at radius 2 is 1.59 bits per heavy atom. The van der Waals surface area contributed by atoms with Gasteiger partial charge in [0.25, 0.3) is 0 Å². The van der Waals surface area contributed by atoms with Crippen LogP contribution in [0, 0.1) is 33.5 Å². The third-order valence-electron chi connectivity index (χ3n) is 13.7. The van der Waals surface area contributed by atoms with Crippen molar-refractivity contribution in [3.63, 3.8) is 0 Å². The van der Waals surface area contributed by atoms with Gasteiger partial charge in [-0.2, -0.15) is 0 Å². The molecule has 1 heterocycles. The lowest BCUT2D eigenvalue weighted by Crippen LogP contribution is -2.72. The molecule has 2 N–H and O–H groups in total. The summed E-state index contributed by atoms with van der Waals surface area (Å²) in [5.41, 5.74) is -1.03. The number of hydrogen-bond donors (Lipinski definition) is 2. The first kappa shape index (κ1) is 36.4. The standard InChI is InChI=1S/C35H64O8Si/c1-23(2)44(24(3)4,25(5)6)43-21-35(16-14-31-40-17-18-41-31)29(38)12-11-26-32(7)15-13-28(37)33(8,20-36)27(32)19-30(34(26,35)9)42-22-39-10/h23-28,30-31,36-37H,11-22H2,1-10H3/t26-,27-,28+,30+,32-,33-,34+,35+/m1/s1. The second-order valence-corrected chi connectivity index (χ2v) is 21.7. The number of hydrogen-bond acceptors (Lipinski definition) is 8. The number of fused-ring (bicyclic) bond motifs is 3. The highest BCUT2D eigenvalue weighted by Crippen LogP contribution is 2.72. The average Bonchev–Trinajstić information content (AvgIpc) is 3.49. The van der Waals surface area contributed by atoms with E-state index in [-0.39, 0.29) is 48.8 Å². The Balaban J connectivity index is 1.89. The third kappa shape index (κ3) is 5.61. The Morgan fingerprint density at radius 3 is 2.14 bits per heavy atom. The number of carbonyl (C=O) groups excluding carboxylic acids is 1. The quantitative estimate of drug-likeness (QED) is 0.174. The fourth-order valence-electron chi connectivity index (χ4n) is 11.4. The summed E-state index contributed by atoms with van der Waals surface area (Å²) in [6.45, 7) is 22.1. The number of Topliss-reactive ketones (excluding diaryl/α,β-unsaturated/α-hetero) is 1. The number of carbonyl (C=O) groups is 1. The SMILES string of the molecule is COCO[C@H]1C[C@@H]2[C@](C)(CC[C@H](O)[C@]2(C)CO)[C@H]2CCC(=O)[C@](CCC3OCCO3)(CO[Si](C(C)C)(C(C)C)C(C)C)[C@]12C. The van der Waals surface area contributed by atoms with Crippen molar-refractivity contribution >= 4 is 14.1 Å². The molecule has 4 aliphatic rings. The first-order valence-electron chi connectivity index (χ1n) is 17.4. The Bertz CT molecular complexity index is 962. The zero-order valence-electron chi connectivity index (χ0n) is 29.4. The topological polar surface area (TPSA) is 104 Å². The van der Waals surface area contributed by atoms with E-state index in [2.05, 4.69) is 55.4 Å². The molecule has 0 aromatic heterocycles. The lowest BCUT2D eigenvalue weighted by molar-refractivity contribution is -0.280. The second-order valence-electron chi connectivity index (χ2n) is 16.3. The van der Waals surface area contributed by atoms with Crippen LogP contribution in [0.5, 0.6) is 0 Å². The molecule has 0 aromatic carbocycles. The summed E-state index contributed by atoms with van der Waals surface area (Å²) in [5, 5.41) is 22.0. The van der Waals surface area contributed by atoms with Gasteiger partial charge in [0.15, 0.2) is 14.6 Å². The number of rotatable bonds is 13. The van der Waals surface area contributed by atoms with Crippen LogP contribution < -0.4 is 0 Å². The molecule has 0 spiro atoms. The first-order valence-corrected chi connectivity index (χ1v) is 19.6. The maximum absolute atomic E-state index is 14.8. The number of aliphatic hydroxyl groups excluding tert-OH is 2. The highest BCUT2D eigenvalue weighted by molar-refractivity contribution is 6.77. The van der Waals surface area contributed by atoms with Crippen LogP contribution >= 0.6 is 0 Å². The minimum Gasteiger partial charge on any atom is -0.415 e. The molecule has 0 radical (unpaired) electrons. The lowest BCUT2D eigenvalue weighted by Gasteiger charge is -2.70. The van der Waals surface area contributed by atoms with Gasteiger partial charge in [0, 0.05) is 31.0 Å². The van der Waals surface area contributed by atoms with Gasteiger partial charge in [-0.3, -0.25) is 4.79 Å². The van der Waals surface area contributed by atoms with Gasteiger partial charge in [-0.15, -0.1) is 0 Å². The van der Waals surface area contributed by atoms with Crippen LogP contribution in [0.15, 0.2) is 0 Å². The van der Waals surface area contributed by atoms with E-state index in [1.165, 1.54) is 0 Å². The molecule has 9 heteroatoms. The zero-order valence-corrected chi connectivity index (χ0v) is 30.4. The molecule has 44 heavy (non-hydrogen) atoms. The van der Waals surface area contributed by atoms with E-state index >= 15 is 0 Å². The molecule has 4 fully saturated rings. The van der Waals surface area contributed by atoms with Gasteiger partial charge >= 0.3 is 0 Å². The average molecular weight is 641 g/mol. The van der Waals surface area contributed by atoms with Crippen LogP contribution in [0.1, 0.15) is 107 Å². The van der Waals surface area contributed by atoms with Crippen molar-refractivity contribution in [2.24, 2.45) is 33.5 Å². The molecule has 4 rings (SSSR count). The van der Waals surface area contributed by atoms with Crippen molar-refractivity contribution < 1.29 is 38.4 Å². The van der Waals surface area contributed by atoms with Gasteiger partial charge in [-0.25, -0.2) is 0 Å². The number of aliphatic hydroxyl groups is 2. The monoisotopic (exact) mass is 640 g/mol. The highest BCUT2D eigenvalue weighted by atomic mass is 28.4. The van der Waals surface area contributed by atoms with E-state index in [4.69, 9.17) is 23.4 Å². The van der Waals surface area contributed by atoms with Gasteiger partial charge in [-0.1, -0.05) is 62.3 Å². The normalized spacial score (nSPS) is 40.2. The van der Waals surface area contributed by atoms with E-state index in [0.717, 1.165) is 12.8 Å². The minimum absolute atomic E-state index is 0.0347. The largest absolute Gasteiger partial charge is 0.415 e. The van der Waals surface area contributed by atoms with Crippen molar-refractivity contribution in [1.29, 1.82) is 0 Å². The zero-order chi connectivity index (χ0) is 32.7. The summed E-state index contributed by atoms with van der Waals surface area (Å²) in [6.07, 6.45) is 3.43. The van der Waals surface area contributed by atoms with Crippen molar-refractivity contribution in [2.45, 2.75) is 142 Å². The second kappa shape index (κ2) is 13.6. The van der Waals surface area contributed by atoms with Crippen molar-refractivity contribution in [2.75, 3.05) is 40.3 Å². The van der Waals surface area contributed by atoms with E-state index in [0.29, 0.717) is 68.5 Å². The van der Waals surface area contributed by atoms with Crippen LogP contribution in [-0.4, -0.2) is 83.1 Å². The molecular weight excluding hydrogens is 576 g/mol. The molecular formula is C35H64O8Si. The van der Waals surface area contributed by atoms with Gasteiger partial charge in [0.2, 0.25) is 0 Å². The van der Waals surface area contributed by atoms with Gasteiger partial charge in [-0.05, 0) is 72.4 Å². The Kier molecular flexibility index (Phi) is 11.3. The van der Waals surface area contributed by atoms with Gasteiger partial charge < -0.3 is 33.6 Å². The molecule has 3 aliphatic carbocycles. The van der Waals surface area contributed by atoms with Crippen LogP contribution in [-0.2, 0) is 28.2 Å². The smallest absolute Gasteiger partial charge is 0.200 e. The molecule has 8 atom stereocenters. The van der Waals surface area contributed by atoms with Gasteiger partial charge in [0.1, 0.15) is 12.6 Å². The maximum atomic E-state index is 14.8. The molecule has 0 unspecified atom stereocenters. The summed E-state index contributed by atoms with van der Waals surface area (Å²) >= 11 is 0. The van der Waals surface area contributed by atoms with Crippen LogP contribution in [0.2, 0.25) is 16.6 Å². The predicted molar refractivity (Wildman–Crippen MR) is 174 cm³/mol. The fourth-order valence-corrected chi connectivity index (χ4v) is 16.9. The Labute approximate surface area is 268 Å². The number of methoxy groups -OCH3 is 1. The molecule has 1 saturated heterocycles. The van der Waals surface area contributed by atoms with Gasteiger partial charge in [0.05, 0.1) is 37.4 Å². The molecule has 256 valence electrons. The van der Waals surface area contributed by atoms with Crippen LogP contribution in [0.4, 0.5) is 0 Å². The lowest BCUT2D eigenvalue weighted by atomic mass is 9.35. The van der Waals surface area contributed by atoms with E-state index < -0.39 is 30.7 Å².